The number of β-amino-alcohol motifs (C(OH)–C–C–N with tert-alkyl or cyclic N) is 1. The summed E-state index contributed by atoms with van der Waals surface area (Å²) in [6.07, 6.45) is 1.44. The largest absolute Gasteiger partial charge is 0.493 e. The lowest BCUT2D eigenvalue weighted by atomic mass is 10.1. The first-order chi connectivity index (χ1) is 9.11. The van der Waals surface area contributed by atoms with E-state index in [0.29, 0.717) is 12.4 Å². The van der Waals surface area contributed by atoms with E-state index in [-0.39, 0.29) is 24.6 Å². The molecule has 104 valence electrons. The highest BCUT2D eigenvalue weighted by Gasteiger charge is 2.30. The molecule has 1 heterocycles. The van der Waals surface area contributed by atoms with Gasteiger partial charge in [-0.3, -0.25) is 4.79 Å². The number of benzene rings is 1. The number of hydrogen-bond acceptors (Lipinski definition) is 3. The lowest BCUT2D eigenvalue weighted by molar-refractivity contribution is 0.00558. The molecule has 1 aliphatic heterocycles. The van der Waals surface area contributed by atoms with Crippen LogP contribution in [-0.4, -0.2) is 41.7 Å². The number of ether oxygens (including phenoxy) is 1. The molecular formula is C14H18FNO3. The second kappa shape index (κ2) is 6.02. The van der Waals surface area contributed by atoms with Crippen molar-refractivity contribution in [2.45, 2.75) is 25.9 Å². The number of aliphatic hydroxyl groups is 1. The summed E-state index contributed by atoms with van der Waals surface area (Å²) >= 11 is 0. The van der Waals surface area contributed by atoms with E-state index < -0.39 is 11.9 Å². The van der Waals surface area contributed by atoms with Gasteiger partial charge in [0, 0.05) is 19.2 Å². The van der Waals surface area contributed by atoms with Gasteiger partial charge in [0.2, 0.25) is 0 Å². The summed E-state index contributed by atoms with van der Waals surface area (Å²) in [5, 5.41) is 9.14. The van der Waals surface area contributed by atoms with E-state index in [2.05, 4.69) is 0 Å². The quantitative estimate of drug-likeness (QED) is 0.828. The maximum Gasteiger partial charge on any atom is 0.257 e. The van der Waals surface area contributed by atoms with Gasteiger partial charge in [-0.2, -0.15) is 0 Å². The van der Waals surface area contributed by atoms with Gasteiger partial charge in [-0.05, 0) is 18.6 Å². The fourth-order valence-electron chi connectivity index (χ4n) is 1.88. The van der Waals surface area contributed by atoms with E-state index in [1.807, 2.05) is 6.92 Å². The maximum atomic E-state index is 13.8. The summed E-state index contributed by atoms with van der Waals surface area (Å²) < 4.78 is 19.2. The first-order valence-electron chi connectivity index (χ1n) is 6.51. The highest BCUT2D eigenvalue weighted by Crippen LogP contribution is 2.20. The minimum atomic E-state index is -0.583. The van der Waals surface area contributed by atoms with Crippen LogP contribution in [0.5, 0.6) is 5.75 Å². The Labute approximate surface area is 111 Å². The molecule has 5 heteroatoms. The summed E-state index contributed by atoms with van der Waals surface area (Å²) in [4.78, 5) is 13.3. The maximum absolute atomic E-state index is 13.8. The monoisotopic (exact) mass is 267 g/mol. The summed E-state index contributed by atoms with van der Waals surface area (Å²) in [6, 6.07) is 4.27. The molecule has 0 radical (unpaired) electrons. The molecule has 0 spiro atoms. The fourth-order valence-corrected chi connectivity index (χ4v) is 1.88. The Morgan fingerprint density at radius 1 is 1.53 bits per heavy atom. The van der Waals surface area contributed by atoms with Crippen molar-refractivity contribution in [2.24, 2.45) is 0 Å². The van der Waals surface area contributed by atoms with E-state index >= 15 is 0 Å². The molecule has 1 N–H and O–H groups in total. The number of carbonyl (C=O) groups is 1. The Kier molecular flexibility index (Phi) is 4.37. The standard InChI is InChI=1S/C14H18FNO3/c1-2-3-6-19-11-4-5-12(13(15)7-11)14(18)16-8-10(17)9-16/h4-5,7,10,17H,2-3,6,8-9H2,1H3. The van der Waals surface area contributed by atoms with Gasteiger partial charge >= 0.3 is 0 Å². The number of carbonyl (C=O) groups excluding carboxylic acids is 1. The van der Waals surface area contributed by atoms with Crippen molar-refractivity contribution in [3.05, 3.63) is 29.6 Å². The molecule has 2 rings (SSSR count). The first-order valence-corrected chi connectivity index (χ1v) is 6.51. The van der Waals surface area contributed by atoms with Crippen LogP contribution in [0.2, 0.25) is 0 Å². The Morgan fingerprint density at radius 3 is 2.84 bits per heavy atom. The summed E-state index contributed by atoms with van der Waals surface area (Å²) in [5.41, 5.74) is 0.0229. The van der Waals surface area contributed by atoms with Crippen LogP contribution < -0.4 is 4.74 Å². The van der Waals surface area contributed by atoms with Crippen LogP contribution >= 0.6 is 0 Å². The van der Waals surface area contributed by atoms with Crippen molar-refractivity contribution in [3.8, 4) is 5.75 Å². The molecule has 1 saturated heterocycles. The molecule has 0 atom stereocenters. The van der Waals surface area contributed by atoms with E-state index in [0.717, 1.165) is 12.8 Å². The number of nitrogens with zero attached hydrogens (tertiary/aromatic N) is 1. The molecule has 1 aromatic carbocycles. The average Bonchev–Trinajstić information content (AvgIpc) is 2.35. The van der Waals surface area contributed by atoms with E-state index in [4.69, 9.17) is 9.84 Å². The average molecular weight is 267 g/mol. The van der Waals surface area contributed by atoms with Crippen LogP contribution in [0.1, 0.15) is 30.1 Å². The molecule has 0 bridgehead atoms. The number of amides is 1. The van der Waals surface area contributed by atoms with Crippen LogP contribution in [0.4, 0.5) is 4.39 Å². The van der Waals surface area contributed by atoms with E-state index in [9.17, 15) is 9.18 Å². The topological polar surface area (TPSA) is 49.8 Å². The third-order valence-electron chi connectivity index (χ3n) is 3.09. The van der Waals surface area contributed by atoms with Gasteiger partial charge in [0.1, 0.15) is 11.6 Å². The molecule has 1 aliphatic rings. The second-order valence-corrected chi connectivity index (χ2v) is 4.71. The zero-order chi connectivity index (χ0) is 13.8. The minimum Gasteiger partial charge on any atom is -0.493 e. The normalized spacial score (nSPS) is 15.2. The van der Waals surface area contributed by atoms with Crippen LogP contribution in [0.25, 0.3) is 0 Å². The predicted octanol–water partition coefficient (Wildman–Crippen LogP) is 1.82. The van der Waals surface area contributed by atoms with Crippen molar-refractivity contribution < 1.29 is 19.0 Å². The first kappa shape index (κ1) is 13.8. The summed E-state index contributed by atoms with van der Waals surface area (Å²) in [7, 11) is 0. The zero-order valence-corrected chi connectivity index (χ0v) is 10.9. The van der Waals surface area contributed by atoms with E-state index in [1.165, 1.54) is 17.0 Å². The Morgan fingerprint density at radius 2 is 2.26 bits per heavy atom. The molecule has 1 aromatic rings. The number of aliphatic hydroxyl groups excluding tert-OH is 1. The van der Waals surface area contributed by atoms with E-state index in [1.54, 1.807) is 6.07 Å². The van der Waals surface area contributed by atoms with Crippen LogP contribution in [0.15, 0.2) is 18.2 Å². The van der Waals surface area contributed by atoms with Crippen molar-refractivity contribution >= 4 is 5.91 Å². The molecule has 1 fully saturated rings. The molecular weight excluding hydrogens is 249 g/mol. The molecule has 1 amide bonds. The smallest absolute Gasteiger partial charge is 0.257 e. The van der Waals surface area contributed by atoms with Gasteiger partial charge in [0.05, 0.1) is 18.3 Å². The predicted molar refractivity (Wildman–Crippen MR) is 68.7 cm³/mol. The second-order valence-electron chi connectivity index (χ2n) is 4.71. The molecule has 0 saturated carbocycles. The van der Waals surface area contributed by atoms with Gasteiger partial charge in [-0.15, -0.1) is 0 Å². The number of unbranched alkanes of at least 4 members (excludes halogenated alkanes) is 1. The Hall–Kier alpha value is -1.62. The lowest BCUT2D eigenvalue weighted by Gasteiger charge is -2.35. The number of rotatable bonds is 5. The Bertz CT molecular complexity index is 458. The molecule has 0 unspecified atom stereocenters. The van der Waals surface area contributed by atoms with Crippen molar-refractivity contribution in [3.63, 3.8) is 0 Å². The van der Waals surface area contributed by atoms with Gasteiger partial charge in [-0.25, -0.2) is 4.39 Å². The molecule has 0 aliphatic carbocycles. The molecule has 4 nitrogen and oxygen atoms in total. The zero-order valence-electron chi connectivity index (χ0n) is 10.9. The fraction of sp³-hybridized carbons (Fsp3) is 0.500. The highest BCUT2D eigenvalue weighted by molar-refractivity contribution is 5.95. The van der Waals surface area contributed by atoms with Crippen LogP contribution in [0, 0.1) is 5.82 Å². The number of hydrogen-bond donors (Lipinski definition) is 1. The Balaban J connectivity index is 2.00. The highest BCUT2D eigenvalue weighted by atomic mass is 19.1. The lowest BCUT2D eigenvalue weighted by Crippen LogP contribution is -2.53. The third-order valence-corrected chi connectivity index (χ3v) is 3.09. The van der Waals surface area contributed by atoms with Crippen LogP contribution in [-0.2, 0) is 0 Å². The molecule has 19 heavy (non-hydrogen) atoms. The summed E-state index contributed by atoms with van der Waals surface area (Å²) in [6.45, 7) is 3.13. The summed E-state index contributed by atoms with van der Waals surface area (Å²) in [5.74, 6) is -0.533. The number of halogens is 1. The van der Waals surface area contributed by atoms with Gasteiger partial charge in [-0.1, -0.05) is 13.3 Å². The SMILES string of the molecule is CCCCOc1ccc(C(=O)N2CC(O)C2)c(F)c1. The van der Waals surface area contributed by atoms with Gasteiger partial charge in [0.15, 0.2) is 0 Å². The van der Waals surface area contributed by atoms with Crippen molar-refractivity contribution in [1.82, 2.24) is 4.90 Å². The third kappa shape index (κ3) is 3.23. The van der Waals surface area contributed by atoms with Crippen molar-refractivity contribution in [2.75, 3.05) is 19.7 Å². The molecule has 0 aromatic heterocycles. The van der Waals surface area contributed by atoms with Gasteiger partial charge < -0.3 is 14.7 Å². The van der Waals surface area contributed by atoms with Gasteiger partial charge in [0.25, 0.3) is 5.91 Å². The minimum absolute atomic E-state index is 0.0229. The van der Waals surface area contributed by atoms with Crippen LogP contribution in [0.3, 0.4) is 0 Å². The number of likely N-dealkylation sites (tertiary alicyclic amines) is 1. The van der Waals surface area contributed by atoms with Crippen molar-refractivity contribution in [1.29, 1.82) is 0 Å².